The van der Waals surface area contributed by atoms with E-state index in [1.807, 2.05) is 36.4 Å². The number of ether oxygens (including phenoxy) is 2. The molecule has 2 aromatic carbocycles. The number of nitrogens with one attached hydrogen (secondary N) is 1. The van der Waals surface area contributed by atoms with Crippen LogP contribution in [-0.2, 0) is 11.3 Å². The van der Waals surface area contributed by atoms with Gasteiger partial charge in [-0.15, -0.1) is 11.3 Å². The fourth-order valence-electron chi connectivity index (χ4n) is 3.25. The Morgan fingerprint density at radius 2 is 2.07 bits per heavy atom. The van der Waals surface area contributed by atoms with Gasteiger partial charge < -0.3 is 14.8 Å². The predicted molar refractivity (Wildman–Crippen MR) is 104 cm³/mol. The summed E-state index contributed by atoms with van der Waals surface area (Å²) in [7, 11) is 0. The Morgan fingerprint density at radius 1 is 1.22 bits per heavy atom. The van der Waals surface area contributed by atoms with Crippen molar-refractivity contribution >= 4 is 27.3 Å². The van der Waals surface area contributed by atoms with Gasteiger partial charge in [-0.1, -0.05) is 24.3 Å². The number of carbonyl (C=O) groups excluding carboxylic acids is 1. The molecule has 0 saturated carbocycles. The van der Waals surface area contributed by atoms with Gasteiger partial charge in [0.15, 0.2) is 0 Å². The summed E-state index contributed by atoms with van der Waals surface area (Å²) in [6, 6.07) is 14.2. The summed E-state index contributed by atoms with van der Waals surface area (Å²) in [5.74, 6) is 0.130. The van der Waals surface area contributed by atoms with Crippen LogP contribution < -0.4 is 10.1 Å². The van der Waals surface area contributed by atoms with Crippen LogP contribution in [0.1, 0.15) is 28.1 Å². The first-order chi connectivity index (χ1) is 13.2. The molecule has 0 aliphatic carbocycles. The Labute approximate surface area is 160 Å². The van der Waals surface area contributed by atoms with Crippen molar-refractivity contribution < 1.29 is 18.7 Å². The number of benzene rings is 2. The van der Waals surface area contributed by atoms with Gasteiger partial charge in [0.25, 0.3) is 5.91 Å². The lowest BCUT2D eigenvalue weighted by atomic mass is 10.1. The van der Waals surface area contributed by atoms with Crippen LogP contribution in [-0.4, -0.2) is 25.2 Å². The maximum absolute atomic E-state index is 14.5. The SMILES string of the molecule is O=C(NCC1CCCO1)c1sc2cccc(F)c2c1COc1ccccc1. The highest BCUT2D eigenvalue weighted by molar-refractivity contribution is 7.21. The van der Waals surface area contributed by atoms with Crippen molar-refractivity contribution in [1.82, 2.24) is 5.32 Å². The van der Waals surface area contributed by atoms with Crippen LogP contribution >= 0.6 is 11.3 Å². The molecule has 1 N–H and O–H groups in total. The Bertz CT molecular complexity index is 935. The number of carbonyl (C=O) groups is 1. The molecule has 1 fully saturated rings. The second-order valence-corrected chi connectivity index (χ2v) is 7.52. The molecule has 1 aromatic heterocycles. The third-order valence-electron chi connectivity index (χ3n) is 4.61. The first-order valence-electron chi connectivity index (χ1n) is 9.00. The van der Waals surface area contributed by atoms with Gasteiger partial charge in [-0.3, -0.25) is 4.79 Å². The zero-order valence-corrected chi connectivity index (χ0v) is 15.6. The largest absolute Gasteiger partial charge is 0.489 e. The van der Waals surface area contributed by atoms with Crippen molar-refractivity contribution in [2.45, 2.75) is 25.6 Å². The first-order valence-corrected chi connectivity index (χ1v) is 9.81. The molecule has 0 radical (unpaired) electrons. The molecular weight excluding hydrogens is 365 g/mol. The number of rotatable bonds is 6. The summed E-state index contributed by atoms with van der Waals surface area (Å²) >= 11 is 1.29. The summed E-state index contributed by atoms with van der Waals surface area (Å²) in [4.78, 5) is 13.3. The third kappa shape index (κ3) is 3.96. The van der Waals surface area contributed by atoms with Gasteiger partial charge in [0.2, 0.25) is 0 Å². The Balaban J connectivity index is 1.60. The molecule has 4 rings (SSSR count). The van der Waals surface area contributed by atoms with Crippen LogP contribution in [0.5, 0.6) is 5.75 Å². The number of hydrogen-bond donors (Lipinski definition) is 1. The van der Waals surface area contributed by atoms with Crippen molar-refractivity contribution in [1.29, 1.82) is 0 Å². The van der Waals surface area contributed by atoms with E-state index in [-0.39, 0.29) is 24.4 Å². The number of fused-ring (bicyclic) bond motifs is 1. The Morgan fingerprint density at radius 3 is 2.85 bits per heavy atom. The van der Waals surface area contributed by atoms with Crippen LogP contribution in [0.4, 0.5) is 4.39 Å². The molecule has 1 amide bonds. The highest BCUT2D eigenvalue weighted by atomic mass is 32.1. The zero-order valence-electron chi connectivity index (χ0n) is 14.7. The fourth-order valence-corrected chi connectivity index (χ4v) is 4.39. The molecule has 6 heteroatoms. The lowest BCUT2D eigenvalue weighted by molar-refractivity contribution is 0.0859. The van der Waals surface area contributed by atoms with Gasteiger partial charge in [0, 0.05) is 28.8 Å². The molecule has 0 spiro atoms. The highest BCUT2D eigenvalue weighted by Gasteiger charge is 2.23. The van der Waals surface area contributed by atoms with Crippen molar-refractivity contribution in [2.75, 3.05) is 13.2 Å². The number of para-hydroxylation sites is 1. The normalized spacial score (nSPS) is 16.6. The van der Waals surface area contributed by atoms with Crippen molar-refractivity contribution in [2.24, 2.45) is 0 Å². The number of halogens is 1. The molecule has 27 heavy (non-hydrogen) atoms. The van der Waals surface area contributed by atoms with E-state index in [0.29, 0.717) is 28.1 Å². The van der Waals surface area contributed by atoms with Gasteiger partial charge in [0.05, 0.1) is 11.0 Å². The predicted octanol–water partition coefficient (Wildman–Crippen LogP) is 4.53. The summed E-state index contributed by atoms with van der Waals surface area (Å²) < 4.78 is 26.6. The zero-order chi connectivity index (χ0) is 18.6. The van der Waals surface area contributed by atoms with Crippen molar-refractivity contribution in [3.8, 4) is 5.75 Å². The van der Waals surface area contributed by atoms with Gasteiger partial charge in [-0.25, -0.2) is 4.39 Å². The van der Waals surface area contributed by atoms with Gasteiger partial charge in [-0.05, 0) is 37.1 Å². The van der Waals surface area contributed by atoms with Crippen LogP contribution in [0.15, 0.2) is 48.5 Å². The molecule has 1 unspecified atom stereocenters. The average Bonchev–Trinajstić information content (AvgIpc) is 3.33. The summed E-state index contributed by atoms with van der Waals surface area (Å²) in [6.07, 6.45) is 2.03. The Hall–Kier alpha value is -2.44. The molecule has 1 atom stereocenters. The molecule has 3 aromatic rings. The molecule has 1 aliphatic rings. The van der Waals surface area contributed by atoms with E-state index in [1.54, 1.807) is 6.07 Å². The van der Waals surface area contributed by atoms with Crippen LogP contribution in [0.2, 0.25) is 0 Å². The van der Waals surface area contributed by atoms with Crippen molar-refractivity contribution in [3.05, 3.63) is 64.8 Å². The van der Waals surface area contributed by atoms with Crippen LogP contribution in [0, 0.1) is 5.82 Å². The van der Waals surface area contributed by atoms with Gasteiger partial charge in [-0.2, -0.15) is 0 Å². The number of amides is 1. The van der Waals surface area contributed by atoms with Gasteiger partial charge >= 0.3 is 0 Å². The van der Waals surface area contributed by atoms with E-state index in [1.165, 1.54) is 17.4 Å². The first kappa shape index (κ1) is 17.9. The highest BCUT2D eigenvalue weighted by Crippen LogP contribution is 2.34. The standard InChI is InChI=1S/C21H20FNO3S/c22-17-9-4-10-18-19(17)16(13-26-14-6-2-1-3-7-14)20(27-18)21(24)23-12-15-8-5-11-25-15/h1-4,6-7,9-10,15H,5,8,11-13H2,(H,23,24). The molecule has 4 nitrogen and oxygen atoms in total. The van der Waals surface area contributed by atoms with E-state index in [4.69, 9.17) is 9.47 Å². The van der Waals surface area contributed by atoms with Crippen LogP contribution in [0.25, 0.3) is 10.1 Å². The fraction of sp³-hybridized carbons (Fsp3) is 0.286. The van der Waals surface area contributed by atoms with Crippen LogP contribution in [0.3, 0.4) is 0 Å². The number of hydrogen-bond acceptors (Lipinski definition) is 4. The maximum atomic E-state index is 14.5. The maximum Gasteiger partial charge on any atom is 0.261 e. The van der Waals surface area contributed by atoms with E-state index >= 15 is 0 Å². The lowest BCUT2D eigenvalue weighted by Gasteiger charge is -2.12. The van der Waals surface area contributed by atoms with E-state index < -0.39 is 0 Å². The van der Waals surface area contributed by atoms with E-state index in [0.717, 1.165) is 24.1 Å². The molecule has 0 bridgehead atoms. The quantitative estimate of drug-likeness (QED) is 0.678. The van der Waals surface area contributed by atoms with Gasteiger partial charge in [0.1, 0.15) is 18.2 Å². The molecule has 1 aliphatic heterocycles. The molecular formula is C21H20FNO3S. The monoisotopic (exact) mass is 385 g/mol. The molecule has 140 valence electrons. The minimum atomic E-state index is -0.339. The Kier molecular flexibility index (Phi) is 5.36. The minimum Gasteiger partial charge on any atom is -0.489 e. The van der Waals surface area contributed by atoms with Crippen molar-refractivity contribution in [3.63, 3.8) is 0 Å². The van der Waals surface area contributed by atoms with E-state index in [9.17, 15) is 9.18 Å². The smallest absolute Gasteiger partial charge is 0.261 e. The summed E-state index contributed by atoms with van der Waals surface area (Å²) in [5.41, 5.74) is 0.585. The second-order valence-electron chi connectivity index (χ2n) is 6.47. The molecule has 2 heterocycles. The summed E-state index contributed by atoms with van der Waals surface area (Å²) in [5, 5.41) is 3.39. The molecule has 1 saturated heterocycles. The topological polar surface area (TPSA) is 47.6 Å². The number of thiophene rings is 1. The average molecular weight is 385 g/mol. The second kappa shape index (κ2) is 8.06. The third-order valence-corrected chi connectivity index (χ3v) is 5.81. The van der Waals surface area contributed by atoms with E-state index in [2.05, 4.69) is 5.32 Å². The summed E-state index contributed by atoms with van der Waals surface area (Å²) in [6.45, 7) is 1.34. The minimum absolute atomic E-state index is 0.0593. The lowest BCUT2D eigenvalue weighted by Crippen LogP contribution is -2.31.